The van der Waals surface area contributed by atoms with E-state index in [2.05, 4.69) is 25.9 Å². The Bertz CT molecular complexity index is 604. The van der Waals surface area contributed by atoms with E-state index in [9.17, 15) is 24.3 Å². The number of imidazole rings is 1. The van der Waals surface area contributed by atoms with Gasteiger partial charge in [0, 0.05) is 18.3 Å². The minimum Gasteiger partial charge on any atom is -0.480 e. The average molecular weight is 356 g/mol. The molecule has 0 bridgehead atoms. The molecule has 0 fully saturated rings. The predicted molar refractivity (Wildman–Crippen MR) is 82.9 cm³/mol. The van der Waals surface area contributed by atoms with E-state index in [0.29, 0.717) is 5.69 Å². The number of carboxylic acids is 1. The third kappa shape index (κ3) is 6.97. The number of nitrogens with one attached hydrogen (secondary N) is 4. The summed E-state index contributed by atoms with van der Waals surface area (Å²) in [6, 6.07) is -2.44. The summed E-state index contributed by atoms with van der Waals surface area (Å²) in [5, 5.41) is 24.5. The van der Waals surface area contributed by atoms with Gasteiger partial charge in [0.05, 0.1) is 19.5 Å². The van der Waals surface area contributed by atoms with E-state index in [4.69, 9.17) is 10.8 Å². The van der Waals surface area contributed by atoms with Crippen molar-refractivity contribution in [1.82, 2.24) is 25.9 Å². The van der Waals surface area contributed by atoms with Crippen molar-refractivity contribution in [2.45, 2.75) is 18.5 Å². The van der Waals surface area contributed by atoms with E-state index in [1.165, 1.54) is 12.5 Å². The van der Waals surface area contributed by atoms with Gasteiger partial charge in [-0.05, 0) is 0 Å². The molecular formula is C13H20N6O6. The minimum atomic E-state index is -1.30. The number of rotatable bonds is 10. The number of hydrogen-bond acceptors (Lipinski definition) is 7. The van der Waals surface area contributed by atoms with Gasteiger partial charge in [-0.25, -0.2) is 4.98 Å². The Balaban J connectivity index is 2.79. The third-order valence-electron chi connectivity index (χ3n) is 3.05. The molecule has 8 N–H and O–H groups in total. The second kappa shape index (κ2) is 10.00. The number of nitrogens with zero attached hydrogens (tertiary/aromatic N) is 1. The summed E-state index contributed by atoms with van der Waals surface area (Å²) < 4.78 is 0. The molecule has 25 heavy (non-hydrogen) atoms. The number of amides is 3. The van der Waals surface area contributed by atoms with Gasteiger partial charge in [-0.1, -0.05) is 0 Å². The molecule has 3 amide bonds. The summed E-state index contributed by atoms with van der Waals surface area (Å²) in [5.74, 6) is -3.47. The number of aliphatic hydroxyl groups excluding tert-OH is 1. The smallest absolute Gasteiger partial charge is 0.322 e. The summed E-state index contributed by atoms with van der Waals surface area (Å²) in [6.45, 7) is -1.70. The van der Waals surface area contributed by atoms with Gasteiger partial charge in [-0.15, -0.1) is 0 Å². The molecule has 0 aliphatic rings. The van der Waals surface area contributed by atoms with Crippen LogP contribution in [-0.4, -0.2) is 75.7 Å². The number of H-pyrrole nitrogens is 1. The lowest BCUT2D eigenvalue weighted by atomic mass is 10.1. The number of aromatic nitrogens is 2. The highest BCUT2D eigenvalue weighted by atomic mass is 16.4. The number of carbonyl (C=O) groups excluding carboxylic acids is 3. The van der Waals surface area contributed by atoms with Gasteiger partial charge in [0.15, 0.2) is 0 Å². The Labute approximate surface area is 142 Å². The van der Waals surface area contributed by atoms with Crippen molar-refractivity contribution in [2.75, 3.05) is 19.7 Å². The molecule has 0 aromatic carbocycles. The third-order valence-corrected chi connectivity index (χ3v) is 3.05. The first kappa shape index (κ1) is 20.1. The Morgan fingerprint density at radius 1 is 1.20 bits per heavy atom. The van der Waals surface area contributed by atoms with Gasteiger partial charge in [-0.2, -0.15) is 0 Å². The Morgan fingerprint density at radius 3 is 2.44 bits per heavy atom. The summed E-state index contributed by atoms with van der Waals surface area (Å²) >= 11 is 0. The summed E-state index contributed by atoms with van der Waals surface area (Å²) in [5.41, 5.74) is 5.64. The van der Waals surface area contributed by atoms with Crippen molar-refractivity contribution < 1.29 is 29.4 Å². The van der Waals surface area contributed by atoms with Crippen LogP contribution in [-0.2, 0) is 25.6 Å². The molecule has 0 spiro atoms. The van der Waals surface area contributed by atoms with Crippen LogP contribution < -0.4 is 21.7 Å². The molecule has 1 heterocycles. The molecule has 0 saturated carbocycles. The Morgan fingerprint density at radius 2 is 1.92 bits per heavy atom. The van der Waals surface area contributed by atoms with E-state index in [0.717, 1.165) is 0 Å². The van der Waals surface area contributed by atoms with Gasteiger partial charge >= 0.3 is 5.97 Å². The topological polar surface area (TPSA) is 200 Å². The number of carbonyl (C=O) groups is 4. The second-order valence-electron chi connectivity index (χ2n) is 4.96. The highest BCUT2D eigenvalue weighted by Crippen LogP contribution is 2.00. The number of aliphatic hydroxyl groups is 1. The van der Waals surface area contributed by atoms with Crippen LogP contribution in [0.25, 0.3) is 0 Å². The van der Waals surface area contributed by atoms with Crippen LogP contribution in [0.15, 0.2) is 12.5 Å². The zero-order chi connectivity index (χ0) is 18.8. The zero-order valence-electron chi connectivity index (χ0n) is 13.2. The van der Waals surface area contributed by atoms with E-state index in [1.807, 2.05) is 0 Å². The van der Waals surface area contributed by atoms with Crippen molar-refractivity contribution in [3.8, 4) is 0 Å². The maximum absolute atomic E-state index is 12.2. The van der Waals surface area contributed by atoms with E-state index < -0.39 is 48.9 Å². The van der Waals surface area contributed by atoms with Crippen LogP contribution in [0, 0.1) is 0 Å². The van der Waals surface area contributed by atoms with E-state index >= 15 is 0 Å². The van der Waals surface area contributed by atoms with E-state index in [-0.39, 0.29) is 13.0 Å². The SMILES string of the molecule is NCC(=O)NC(CO)C(=O)NC(Cc1cnc[nH]1)C(=O)NCC(=O)O. The van der Waals surface area contributed by atoms with Gasteiger partial charge in [-0.3, -0.25) is 19.2 Å². The monoisotopic (exact) mass is 356 g/mol. The summed E-state index contributed by atoms with van der Waals surface area (Å²) in [6.07, 6.45) is 2.81. The second-order valence-corrected chi connectivity index (χ2v) is 4.96. The normalized spacial score (nSPS) is 12.7. The molecule has 2 unspecified atom stereocenters. The van der Waals surface area contributed by atoms with Gasteiger partial charge in [0.25, 0.3) is 0 Å². The number of hydrogen-bond donors (Lipinski definition) is 7. The molecule has 1 aromatic heterocycles. The van der Waals surface area contributed by atoms with Crippen molar-refractivity contribution >= 4 is 23.7 Å². The standard InChI is InChI=1S/C13H20N6O6/c14-2-10(21)18-9(5-20)13(25)19-8(1-7-3-15-6-17-7)12(24)16-4-11(22)23/h3,6,8-9,20H,1-2,4-5,14H2,(H,15,17)(H,16,24)(H,18,21)(H,19,25)(H,22,23). The largest absolute Gasteiger partial charge is 0.480 e. The van der Waals surface area contributed by atoms with Gasteiger partial charge in [0.1, 0.15) is 18.6 Å². The lowest BCUT2D eigenvalue weighted by Gasteiger charge is -2.21. The lowest BCUT2D eigenvalue weighted by Crippen LogP contribution is -2.56. The maximum Gasteiger partial charge on any atom is 0.322 e. The molecule has 1 aromatic rings. The average Bonchev–Trinajstić information content (AvgIpc) is 3.09. The molecule has 0 radical (unpaired) electrons. The molecule has 1 rings (SSSR count). The number of carboxylic acid groups (broad SMARTS) is 1. The Hall–Kier alpha value is -2.99. The van der Waals surface area contributed by atoms with Crippen LogP contribution in [0.2, 0.25) is 0 Å². The fourth-order valence-electron chi connectivity index (χ4n) is 1.83. The maximum atomic E-state index is 12.2. The zero-order valence-corrected chi connectivity index (χ0v) is 13.2. The predicted octanol–water partition coefficient (Wildman–Crippen LogP) is -3.93. The fourth-order valence-corrected chi connectivity index (χ4v) is 1.83. The van der Waals surface area contributed by atoms with Crippen LogP contribution >= 0.6 is 0 Å². The molecule has 0 aliphatic carbocycles. The first-order valence-electron chi connectivity index (χ1n) is 7.24. The molecular weight excluding hydrogens is 336 g/mol. The number of nitrogens with two attached hydrogens (primary N) is 1. The summed E-state index contributed by atoms with van der Waals surface area (Å²) in [4.78, 5) is 52.6. The molecule has 12 nitrogen and oxygen atoms in total. The minimum absolute atomic E-state index is 0.000175. The first-order chi connectivity index (χ1) is 11.9. The van der Waals surface area contributed by atoms with Crippen LogP contribution in [0.4, 0.5) is 0 Å². The summed E-state index contributed by atoms with van der Waals surface area (Å²) in [7, 11) is 0. The van der Waals surface area contributed by atoms with E-state index in [1.54, 1.807) is 0 Å². The van der Waals surface area contributed by atoms with Gasteiger partial charge < -0.3 is 36.9 Å². The van der Waals surface area contributed by atoms with Crippen molar-refractivity contribution in [1.29, 1.82) is 0 Å². The van der Waals surface area contributed by atoms with Crippen molar-refractivity contribution in [3.63, 3.8) is 0 Å². The van der Waals surface area contributed by atoms with Crippen LogP contribution in [0.5, 0.6) is 0 Å². The van der Waals surface area contributed by atoms with Crippen molar-refractivity contribution in [2.24, 2.45) is 5.73 Å². The molecule has 0 aliphatic heterocycles. The van der Waals surface area contributed by atoms with Crippen LogP contribution in [0.1, 0.15) is 5.69 Å². The highest BCUT2D eigenvalue weighted by Gasteiger charge is 2.27. The highest BCUT2D eigenvalue weighted by molar-refractivity contribution is 5.93. The van der Waals surface area contributed by atoms with Crippen LogP contribution in [0.3, 0.4) is 0 Å². The molecule has 138 valence electrons. The fraction of sp³-hybridized carbons (Fsp3) is 0.462. The molecule has 0 saturated heterocycles. The lowest BCUT2D eigenvalue weighted by molar-refractivity contribution is -0.138. The van der Waals surface area contributed by atoms with Gasteiger partial charge in [0.2, 0.25) is 17.7 Å². The number of aliphatic carboxylic acids is 1. The molecule has 12 heteroatoms. The quantitative estimate of drug-likeness (QED) is 0.220. The Kier molecular flexibility index (Phi) is 8.02. The molecule has 2 atom stereocenters. The van der Waals surface area contributed by atoms with Crippen molar-refractivity contribution in [3.05, 3.63) is 18.2 Å². The first-order valence-corrected chi connectivity index (χ1v) is 7.24. The number of aromatic amines is 1.